The molecule has 0 unspecified atom stereocenters. The van der Waals surface area contributed by atoms with E-state index in [1.54, 1.807) is 24.3 Å². The van der Waals surface area contributed by atoms with Gasteiger partial charge in [-0.1, -0.05) is 12.1 Å². The molecular formula is C12H14N2O2. The van der Waals surface area contributed by atoms with Gasteiger partial charge in [0.15, 0.2) is 5.72 Å². The molecule has 0 aliphatic heterocycles. The van der Waals surface area contributed by atoms with Crippen LogP contribution in [0, 0.1) is 0 Å². The molecular weight excluding hydrogens is 204 g/mol. The summed E-state index contributed by atoms with van der Waals surface area (Å²) in [5.41, 5.74) is 9.60. The minimum Gasteiger partial charge on any atom is -0.399 e. The SMILES string of the molecule is Nc1ccc(C2(O)C=CC(N)(O)C=C2)cc1. The molecule has 0 atom stereocenters. The Morgan fingerprint density at radius 1 is 0.875 bits per heavy atom. The molecule has 1 aliphatic rings. The molecule has 1 aromatic rings. The van der Waals surface area contributed by atoms with Crippen LogP contribution in [0.2, 0.25) is 0 Å². The molecule has 0 saturated carbocycles. The van der Waals surface area contributed by atoms with E-state index in [2.05, 4.69) is 0 Å². The molecule has 6 N–H and O–H groups in total. The van der Waals surface area contributed by atoms with Crippen molar-refractivity contribution in [3.05, 3.63) is 54.1 Å². The van der Waals surface area contributed by atoms with Crippen molar-refractivity contribution >= 4 is 5.69 Å². The second-order valence-corrected chi connectivity index (χ2v) is 4.00. The van der Waals surface area contributed by atoms with Gasteiger partial charge in [-0.2, -0.15) is 0 Å². The van der Waals surface area contributed by atoms with Gasteiger partial charge in [0.1, 0.15) is 5.60 Å². The van der Waals surface area contributed by atoms with E-state index in [0.717, 1.165) is 0 Å². The summed E-state index contributed by atoms with van der Waals surface area (Å²) in [6.45, 7) is 0. The summed E-state index contributed by atoms with van der Waals surface area (Å²) in [5.74, 6) is 0. The number of benzene rings is 1. The molecule has 1 aliphatic carbocycles. The highest BCUT2D eigenvalue weighted by Gasteiger charge is 2.29. The van der Waals surface area contributed by atoms with Gasteiger partial charge in [0.25, 0.3) is 0 Å². The van der Waals surface area contributed by atoms with Crippen LogP contribution in [0.4, 0.5) is 5.69 Å². The van der Waals surface area contributed by atoms with Gasteiger partial charge in [-0.3, -0.25) is 5.73 Å². The van der Waals surface area contributed by atoms with E-state index in [-0.39, 0.29) is 0 Å². The molecule has 0 aromatic heterocycles. The lowest BCUT2D eigenvalue weighted by Crippen LogP contribution is -2.39. The second-order valence-electron chi connectivity index (χ2n) is 4.00. The Morgan fingerprint density at radius 3 is 1.88 bits per heavy atom. The normalized spacial score (nSPS) is 32.9. The largest absolute Gasteiger partial charge is 0.399 e. The molecule has 0 bridgehead atoms. The van der Waals surface area contributed by atoms with E-state index in [0.29, 0.717) is 11.3 Å². The van der Waals surface area contributed by atoms with Crippen molar-refractivity contribution in [3.63, 3.8) is 0 Å². The Labute approximate surface area is 93.5 Å². The summed E-state index contributed by atoms with van der Waals surface area (Å²) in [4.78, 5) is 0. The zero-order valence-electron chi connectivity index (χ0n) is 8.67. The number of hydrogen-bond donors (Lipinski definition) is 4. The minimum absolute atomic E-state index is 0.631. The smallest absolute Gasteiger partial charge is 0.152 e. The Bertz CT molecular complexity index is 431. The maximum absolute atomic E-state index is 10.3. The third-order valence-electron chi connectivity index (χ3n) is 2.58. The molecule has 4 heteroatoms. The van der Waals surface area contributed by atoms with Gasteiger partial charge >= 0.3 is 0 Å². The highest BCUT2D eigenvalue weighted by atomic mass is 16.3. The fraction of sp³-hybridized carbons (Fsp3) is 0.167. The Hall–Kier alpha value is -1.62. The Kier molecular flexibility index (Phi) is 2.35. The fourth-order valence-corrected chi connectivity index (χ4v) is 1.57. The van der Waals surface area contributed by atoms with Crippen molar-refractivity contribution in [1.82, 2.24) is 0 Å². The van der Waals surface area contributed by atoms with Crippen LogP contribution in [-0.2, 0) is 5.60 Å². The van der Waals surface area contributed by atoms with Crippen LogP contribution in [0.5, 0.6) is 0 Å². The zero-order valence-corrected chi connectivity index (χ0v) is 8.67. The van der Waals surface area contributed by atoms with Crippen molar-refractivity contribution in [2.75, 3.05) is 5.73 Å². The van der Waals surface area contributed by atoms with Gasteiger partial charge in [0.2, 0.25) is 0 Å². The van der Waals surface area contributed by atoms with Gasteiger partial charge in [-0.25, -0.2) is 0 Å². The van der Waals surface area contributed by atoms with Crippen molar-refractivity contribution in [3.8, 4) is 0 Å². The molecule has 2 rings (SSSR count). The van der Waals surface area contributed by atoms with E-state index < -0.39 is 11.3 Å². The van der Waals surface area contributed by atoms with Gasteiger partial charge in [0.05, 0.1) is 0 Å². The predicted molar refractivity (Wildman–Crippen MR) is 62.2 cm³/mol. The highest BCUT2D eigenvalue weighted by molar-refractivity contribution is 5.45. The van der Waals surface area contributed by atoms with Crippen LogP contribution in [-0.4, -0.2) is 15.9 Å². The quantitative estimate of drug-likeness (QED) is 0.308. The first-order valence-corrected chi connectivity index (χ1v) is 4.92. The van der Waals surface area contributed by atoms with Crippen molar-refractivity contribution < 1.29 is 10.2 Å². The first-order chi connectivity index (χ1) is 7.41. The molecule has 0 saturated heterocycles. The third kappa shape index (κ3) is 1.99. The topological polar surface area (TPSA) is 92.5 Å². The zero-order chi connectivity index (χ0) is 11.8. The van der Waals surface area contributed by atoms with Crippen LogP contribution < -0.4 is 11.5 Å². The van der Waals surface area contributed by atoms with Gasteiger partial charge in [-0.15, -0.1) is 0 Å². The van der Waals surface area contributed by atoms with Crippen molar-refractivity contribution in [1.29, 1.82) is 0 Å². The lowest BCUT2D eigenvalue weighted by atomic mass is 9.87. The van der Waals surface area contributed by atoms with Gasteiger partial charge in [0, 0.05) is 5.69 Å². The first kappa shape index (κ1) is 10.9. The molecule has 4 nitrogen and oxygen atoms in total. The van der Waals surface area contributed by atoms with Gasteiger partial charge < -0.3 is 15.9 Å². The lowest BCUT2D eigenvalue weighted by molar-refractivity contribution is 0.110. The maximum atomic E-state index is 10.3. The number of hydrogen-bond acceptors (Lipinski definition) is 4. The standard InChI is InChI=1S/C12H14N2O2/c13-10-3-1-9(2-4-10)11(15)5-7-12(14,16)8-6-11/h1-8,15-16H,13-14H2. The number of aliphatic hydroxyl groups is 2. The lowest BCUT2D eigenvalue weighted by Gasteiger charge is -2.28. The van der Waals surface area contributed by atoms with Crippen LogP contribution >= 0.6 is 0 Å². The summed E-state index contributed by atoms with van der Waals surface area (Å²) in [6, 6.07) is 6.87. The van der Waals surface area contributed by atoms with Gasteiger partial charge in [-0.05, 0) is 42.0 Å². The van der Waals surface area contributed by atoms with Crippen molar-refractivity contribution in [2.45, 2.75) is 11.3 Å². The molecule has 0 amide bonds. The van der Waals surface area contributed by atoms with Crippen LogP contribution in [0.3, 0.4) is 0 Å². The number of rotatable bonds is 1. The van der Waals surface area contributed by atoms with E-state index >= 15 is 0 Å². The summed E-state index contributed by atoms with van der Waals surface area (Å²) in [5, 5.41) is 19.8. The molecule has 0 heterocycles. The first-order valence-electron chi connectivity index (χ1n) is 4.92. The average Bonchev–Trinajstić information content (AvgIpc) is 2.24. The molecule has 0 fully saturated rings. The number of anilines is 1. The number of nitrogen functional groups attached to an aromatic ring is 1. The minimum atomic E-state index is -1.49. The summed E-state index contributed by atoms with van der Waals surface area (Å²) < 4.78 is 0. The second kappa shape index (κ2) is 3.45. The molecule has 16 heavy (non-hydrogen) atoms. The molecule has 1 aromatic carbocycles. The highest BCUT2D eigenvalue weighted by Crippen LogP contribution is 2.29. The van der Waals surface area contributed by atoms with Crippen LogP contribution in [0.25, 0.3) is 0 Å². The van der Waals surface area contributed by atoms with Crippen molar-refractivity contribution in [2.24, 2.45) is 5.73 Å². The maximum Gasteiger partial charge on any atom is 0.152 e. The molecule has 0 radical (unpaired) electrons. The van der Waals surface area contributed by atoms with Crippen LogP contribution in [0.1, 0.15) is 5.56 Å². The monoisotopic (exact) mass is 218 g/mol. The third-order valence-corrected chi connectivity index (χ3v) is 2.58. The van der Waals surface area contributed by atoms with E-state index in [1.165, 1.54) is 24.3 Å². The predicted octanol–water partition coefficient (Wildman–Crippen LogP) is 0.230. The summed E-state index contributed by atoms with van der Waals surface area (Å²) in [7, 11) is 0. The molecule has 0 spiro atoms. The Balaban J connectivity index is 2.35. The van der Waals surface area contributed by atoms with E-state index in [1.807, 2.05) is 0 Å². The Morgan fingerprint density at radius 2 is 1.38 bits per heavy atom. The fourth-order valence-electron chi connectivity index (χ4n) is 1.57. The number of nitrogens with two attached hydrogens (primary N) is 2. The van der Waals surface area contributed by atoms with Crippen LogP contribution in [0.15, 0.2) is 48.6 Å². The average molecular weight is 218 g/mol. The van der Waals surface area contributed by atoms with E-state index in [4.69, 9.17) is 11.5 Å². The molecule has 84 valence electrons. The van der Waals surface area contributed by atoms with E-state index in [9.17, 15) is 10.2 Å². The summed E-state index contributed by atoms with van der Waals surface area (Å²) in [6.07, 6.45) is 5.61. The summed E-state index contributed by atoms with van der Waals surface area (Å²) >= 11 is 0.